The van der Waals surface area contributed by atoms with E-state index in [9.17, 15) is 0 Å². The average molecular weight is 205 g/mol. The van der Waals surface area contributed by atoms with Crippen LogP contribution in [-0.4, -0.2) is 16.3 Å². The summed E-state index contributed by atoms with van der Waals surface area (Å²) in [5, 5.41) is 7.85. The van der Waals surface area contributed by atoms with Crippen LogP contribution in [-0.2, 0) is 6.54 Å². The van der Waals surface area contributed by atoms with Gasteiger partial charge in [0.2, 0.25) is 0 Å². The highest BCUT2D eigenvalue weighted by molar-refractivity contribution is 5.00. The van der Waals surface area contributed by atoms with Gasteiger partial charge in [-0.15, -0.1) is 6.58 Å². The molecule has 1 fully saturated rings. The number of aromatic nitrogens is 2. The summed E-state index contributed by atoms with van der Waals surface area (Å²) in [5.74, 6) is 0. The zero-order valence-electron chi connectivity index (χ0n) is 9.15. The van der Waals surface area contributed by atoms with Crippen molar-refractivity contribution in [2.75, 3.05) is 6.54 Å². The summed E-state index contributed by atoms with van der Waals surface area (Å²) < 4.78 is 2.14. The molecule has 1 aromatic heterocycles. The van der Waals surface area contributed by atoms with Crippen molar-refractivity contribution in [2.45, 2.75) is 38.3 Å². The first-order valence-electron chi connectivity index (χ1n) is 5.76. The van der Waals surface area contributed by atoms with Gasteiger partial charge in [0.15, 0.2) is 0 Å². The fourth-order valence-corrected chi connectivity index (χ4v) is 2.15. The summed E-state index contributed by atoms with van der Waals surface area (Å²) >= 11 is 0. The summed E-state index contributed by atoms with van der Waals surface area (Å²) in [7, 11) is 0. The quantitative estimate of drug-likeness (QED) is 0.590. The van der Waals surface area contributed by atoms with Gasteiger partial charge in [0.1, 0.15) is 0 Å². The van der Waals surface area contributed by atoms with Crippen LogP contribution in [0.1, 0.15) is 37.4 Å². The lowest BCUT2D eigenvalue weighted by atomic mass is 10.3. The molecule has 0 bridgehead atoms. The molecule has 0 radical (unpaired) electrons. The van der Waals surface area contributed by atoms with Crippen molar-refractivity contribution in [3.05, 3.63) is 30.6 Å². The number of hydrogen-bond donors (Lipinski definition) is 1. The van der Waals surface area contributed by atoms with Gasteiger partial charge < -0.3 is 5.32 Å². The molecule has 82 valence electrons. The molecule has 0 unspecified atom stereocenters. The maximum atomic E-state index is 4.58. The van der Waals surface area contributed by atoms with Gasteiger partial charge in [-0.3, -0.25) is 4.68 Å². The SMILES string of the molecule is C=CCNCc1ccn(C2CCCC2)n1. The van der Waals surface area contributed by atoms with E-state index in [2.05, 4.69) is 33.9 Å². The number of nitrogens with one attached hydrogen (secondary N) is 1. The summed E-state index contributed by atoms with van der Waals surface area (Å²) in [6.07, 6.45) is 9.28. The van der Waals surface area contributed by atoms with Gasteiger partial charge in [0.25, 0.3) is 0 Å². The lowest BCUT2D eigenvalue weighted by Gasteiger charge is -2.08. The Morgan fingerprint density at radius 1 is 1.53 bits per heavy atom. The zero-order chi connectivity index (χ0) is 10.5. The summed E-state index contributed by atoms with van der Waals surface area (Å²) in [5.41, 5.74) is 1.13. The summed E-state index contributed by atoms with van der Waals surface area (Å²) in [6, 6.07) is 2.76. The van der Waals surface area contributed by atoms with E-state index in [1.165, 1.54) is 25.7 Å². The van der Waals surface area contributed by atoms with E-state index in [-0.39, 0.29) is 0 Å². The van der Waals surface area contributed by atoms with E-state index in [0.717, 1.165) is 18.8 Å². The van der Waals surface area contributed by atoms with Crippen LogP contribution < -0.4 is 5.32 Å². The Kier molecular flexibility index (Phi) is 3.56. The molecule has 15 heavy (non-hydrogen) atoms. The Morgan fingerprint density at radius 3 is 3.07 bits per heavy atom. The first-order valence-corrected chi connectivity index (χ1v) is 5.76. The predicted octanol–water partition coefficient (Wildman–Crippen LogP) is 2.27. The molecule has 1 aliphatic rings. The second-order valence-corrected chi connectivity index (χ2v) is 4.14. The molecule has 1 aromatic rings. The fourth-order valence-electron chi connectivity index (χ4n) is 2.15. The maximum absolute atomic E-state index is 4.58. The Labute approximate surface area is 91.2 Å². The molecule has 2 rings (SSSR count). The van der Waals surface area contributed by atoms with Gasteiger partial charge in [-0.25, -0.2) is 0 Å². The minimum absolute atomic E-state index is 0.651. The first-order chi connectivity index (χ1) is 7.40. The lowest BCUT2D eigenvalue weighted by Crippen LogP contribution is -2.14. The standard InChI is InChI=1S/C12H19N3/c1-2-8-13-10-11-7-9-15(14-11)12-5-3-4-6-12/h2,7,9,12-13H,1,3-6,8,10H2. The van der Waals surface area contributed by atoms with E-state index in [1.807, 2.05) is 6.08 Å². The van der Waals surface area contributed by atoms with Crippen LogP contribution in [0.15, 0.2) is 24.9 Å². The molecule has 0 spiro atoms. The highest BCUT2D eigenvalue weighted by Crippen LogP contribution is 2.28. The first kappa shape index (κ1) is 10.4. The van der Waals surface area contributed by atoms with Crippen molar-refractivity contribution in [2.24, 2.45) is 0 Å². The van der Waals surface area contributed by atoms with E-state index in [1.54, 1.807) is 0 Å². The van der Waals surface area contributed by atoms with Crippen molar-refractivity contribution < 1.29 is 0 Å². The Bertz CT molecular complexity index is 310. The highest BCUT2D eigenvalue weighted by Gasteiger charge is 2.17. The molecule has 1 heterocycles. The van der Waals surface area contributed by atoms with Gasteiger partial charge >= 0.3 is 0 Å². The average Bonchev–Trinajstić information content (AvgIpc) is 2.87. The van der Waals surface area contributed by atoms with E-state index >= 15 is 0 Å². The smallest absolute Gasteiger partial charge is 0.0762 e. The van der Waals surface area contributed by atoms with E-state index in [0.29, 0.717) is 6.04 Å². The molecule has 1 aliphatic carbocycles. The van der Waals surface area contributed by atoms with Crippen LogP contribution in [0, 0.1) is 0 Å². The molecule has 0 aromatic carbocycles. The third-order valence-corrected chi connectivity index (χ3v) is 2.96. The third-order valence-electron chi connectivity index (χ3n) is 2.96. The van der Waals surface area contributed by atoms with Crippen molar-refractivity contribution in [3.8, 4) is 0 Å². The largest absolute Gasteiger partial charge is 0.308 e. The zero-order valence-corrected chi connectivity index (χ0v) is 9.15. The third kappa shape index (κ3) is 2.69. The topological polar surface area (TPSA) is 29.9 Å². The lowest BCUT2D eigenvalue weighted by molar-refractivity contribution is 0.461. The second-order valence-electron chi connectivity index (χ2n) is 4.14. The van der Waals surface area contributed by atoms with Crippen LogP contribution in [0.2, 0.25) is 0 Å². The molecule has 1 N–H and O–H groups in total. The van der Waals surface area contributed by atoms with E-state index < -0.39 is 0 Å². The van der Waals surface area contributed by atoms with Crippen molar-refractivity contribution in [1.29, 1.82) is 0 Å². The monoisotopic (exact) mass is 205 g/mol. The van der Waals surface area contributed by atoms with Crippen LogP contribution in [0.3, 0.4) is 0 Å². The Hall–Kier alpha value is -1.09. The number of nitrogens with zero attached hydrogens (tertiary/aromatic N) is 2. The van der Waals surface area contributed by atoms with Crippen molar-refractivity contribution >= 4 is 0 Å². The van der Waals surface area contributed by atoms with Gasteiger partial charge in [-0.1, -0.05) is 18.9 Å². The van der Waals surface area contributed by atoms with Crippen LogP contribution in [0.5, 0.6) is 0 Å². The van der Waals surface area contributed by atoms with Crippen LogP contribution in [0.4, 0.5) is 0 Å². The highest BCUT2D eigenvalue weighted by atomic mass is 15.3. The number of hydrogen-bond acceptors (Lipinski definition) is 2. The molecular formula is C12H19N3. The molecule has 3 nitrogen and oxygen atoms in total. The molecule has 0 amide bonds. The van der Waals surface area contributed by atoms with Gasteiger partial charge in [0.05, 0.1) is 11.7 Å². The van der Waals surface area contributed by atoms with Gasteiger partial charge in [-0.05, 0) is 18.9 Å². The molecular weight excluding hydrogens is 186 g/mol. The van der Waals surface area contributed by atoms with E-state index in [4.69, 9.17) is 0 Å². The molecule has 3 heteroatoms. The number of rotatable bonds is 5. The summed E-state index contributed by atoms with van der Waals surface area (Å²) in [6.45, 7) is 5.35. The van der Waals surface area contributed by atoms with Gasteiger partial charge in [0, 0.05) is 19.3 Å². The second kappa shape index (κ2) is 5.12. The van der Waals surface area contributed by atoms with Crippen molar-refractivity contribution in [3.63, 3.8) is 0 Å². The van der Waals surface area contributed by atoms with Crippen molar-refractivity contribution in [1.82, 2.24) is 15.1 Å². The van der Waals surface area contributed by atoms with Gasteiger partial charge in [-0.2, -0.15) is 5.10 Å². The minimum Gasteiger partial charge on any atom is -0.308 e. The Morgan fingerprint density at radius 2 is 2.33 bits per heavy atom. The molecule has 0 aliphatic heterocycles. The fraction of sp³-hybridized carbons (Fsp3) is 0.583. The molecule has 1 saturated carbocycles. The summed E-state index contributed by atoms with van der Waals surface area (Å²) in [4.78, 5) is 0. The molecule has 0 atom stereocenters. The Balaban J connectivity index is 1.88. The maximum Gasteiger partial charge on any atom is 0.0762 e. The molecule has 0 saturated heterocycles. The van der Waals surface area contributed by atoms with Crippen LogP contribution in [0.25, 0.3) is 0 Å². The minimum atomic E-state index is 0.651. The predicted molar refractivity (Wildman–Crippen MR) is 61.6 cm³/mol. The van der Waals surface area contributed by atoms with Crippen LogP contribution >= 0.6 is 0 Å². The normalized spacial score (nSPS) is 17.1.